The van der Waals surface area contributed by atoms with Crippen LogP contribution in [-0.4, -0.2) is 25.2 Å². The molecule has 1 aromatic carbocycles. The molecule has 0 amide bonds. The summed E-state index contributed by atoms with van der Waals surface area (Å²) in [5.74, 6) is -3.73. The number of hydrogen-bond acceptors (Lipinski definition) is 3. The molecule has 0 aliphatic carbocycles. The van der Waals surface area contributed by atoms with Gasteiger partial charge in [-0.3, -0.25) is 4.79 Å². The zero-order valence-corrected chi connectivity index (χ0v) is 10.4. The van der Waals surface area contributed by atoms with Gasteiger partial charge < -0.3 is 5.11 Å². The quantitative estimate of drug-likeness (QED) is 0.916. The number of carbonyl (C=O) groups is 1. The minimum Gasteiger partial charge on any atom is -0.480 e. The van der Waals surface area contributed by atoms with E-state index in [-0.39, 0.29) is 5.56 Å². The first-order chi connectivity index (χ1) is 7.30. The summed E-state index contributed by atoms with van der Waals surface area (Å²) in [5, 5.41) is 8.36. The van der Waals surface area contributed by atoms with Gasteiger partial charge in [-0.1, -0.05) is 22.0 Å². The molecule has 0 fully saturated rings. The average Bonchev–Trinajstić information content (AvgIpc) is 2.07. The van der Waals surface area contributed by atoms with Gasteiger partial charge in [0, 0.05) is 10.0 Å². The third-order valence-electron chi connectivity index (χ3n) is 1.73. The van der Waals surface area contributed by atoms with E-state index in [1.807, 2.05) is 0 Å². The van der Waals surface area contributed by atoms with E-state index in [0.717, 1.165) is 6.07 Å². The number of aliphatic carboxylic acids is 1. The largest absolute Gasteiger partial charge is 0.480 e. The molecule has 0 heterocycles. The second kappa shape index (κ2) is 4.92. The molecule has 0 unspecified atom stereocenters. The number of halogens is 2. The smallest absolute Gasteiger partial charge is 0.318 e. The van der Waals surface area contributed by atoms with Crippen LogP contribution in [-0.2, 0) is 20.4 Å². The molecule has 0 aromatic heterocycles. The summed E-state index contributed by atoms with van der Waals surface area (Å²) in [5.41, 5.74) is -0.0375. The van der Waals surface area contributed by atoms with E-state index in [2.05, 4.69) is 15.9 Å². The lowest BCUT2D eigenvalue weighted by Gasteiger charge is -2.03. The van der Waals surface area contributed by atoms with Crippen LogP contribution in [0.3, 0.4) is 0 Å². The van der Waals surface area contributed by atoms with Gasteiger partial charge in [0.1, 0.15) is 11.6 Å². The van der Waals surface area contributed by atoms with Crippen molar-refractivity contribution in [1.29, 1.82) is 0 Å². The van der Waals surface area contributed by atoms with E-state index < -0.39 is 33.1 Å². The average molecular weight is 311 g/mol. The van der Waals surface area contributed by atoms with E-state index in [4.69, 9.17) is 5.11 Å². The molecule has 88 valence electrons. The van der Waals surface area contributed by atoms with Crippen LogP contribution in [0.4, 0.5) is 4.39 Å². The Balaban J connectivity index is 2.92. The lowest BCUT2D eigenvalue weighted by molar-refractivity contribution is -0.134. The first-order valence-corrected chi connectivity index (χ1v) is 6.78. The van der Waals surface area contributed by atoms with Crippen LogP contribution in [0.25, 0.3) is 0 Å². The number of sulfone groups is 1. The normalized spacial score (nSPS) is 11.4. The van der Waals surface area contributed by atoms with E-state index in [0.29, 0.717) is 4.47 Å². The molecule has 0 saturated carbocycles. The van der Waals surface area contributed by atoms with E-state index in [1.165, 1.54) is 12.1 Å². The fourth-order valence-corrected chi connectivity index (χ4v) is 2.63. The van der Waals surface area contributed by atoms with Crippen molar-refractivity contribution in [1.82, 2.24) is 0 Å². The van der Waals surface area contributed by atoms with Crippen LogP contribution in [0.2, 0.25) is 0 Å². The van der Waals surface area contributed by atoms with Crippen molar-refractivity contribution in [3.05, 3.63) is 34.1 Å². The Morgan fingerprint density at radius 2 is 2.06 bits per heavy atom. The second-order valence-corrected chi connectivity index (χ2v) is 6.14. The molecule has 0 saturated heterocycles. The van der Waals surface area contributed by atoms with Crippen molar-refractivity contribution in [2.75, 3.05) is 5.75 Å². The Hall–Kier alpha value is -0.950. The number of hydrogen-bond donors (Lipinski definition) is 1. The van der Waals surface area contributed by atoms with Gasteiger partial charge in [-0.05, 0) is 12.1 Å². The van der Waals surface area contributed by atoms with Crippen molar-refractivity contribution in [2.45, 2.75) is 5.75 Å². The molecular weight excluding hydrogens is 303 g/mol. The lowest BCUT2D eigenvalue weighted by Crippen LogP contribution is -2.17. The molecule has 1 aromatic rings. The highest BCUT2D eigenvalue weighted by Gasteiger charge is 2.18. The highest BCUT2D eigenvalue weighted by molar-refractivity contribution is 9.10. The highest BCUT2D eigenvalue weighted by Crippen LogP contribution is 2.17. The molecule has 4 nitrogen and oxygen atoms in total. The van der Waals surface area contributed by atoms with Crippen LogP contribution >= 0.6 is 15.9 Å². The molecule has 1 rings (SSSR count). The minimum atomic E-state index is -3.82. The summed E-state index contributed by atoms with van der Waals surface area (Å²) in [6.07, 6.45) is 0. The van der Waals surface area contributed by atoms with Crippen LogP contribution < -0.4 is 0 Å². The van der Waals surface area contributed by atoms with Crippen molar-refractivity contribution in [2.24, 2.45) is 0 Å². The Kier molecular flexibility index (Phi) is 4.03. The molecule has 16 heavy (non-hydrogen) atoms. The molecule has 1 N–H and O–H groups in total. The Bertz CT molecular complexity index is 512. The maximum absolute atomic E-state index is 13.3. The summed E-state index contributed by atoms with van der Waals surface area (Å²) in [4.78, 5) is 10.3. The molecule has 0 aliphatic heterocycles. The number of rotatable bonds is 4. The third kappa shape index (κ3) is 3.90. The Labute approximate surface area is 100 Å². The van der Waals surface area contributed by atoms with Crippen LogP contribution in [0.1, 0.15) is 5.56 Å². The fourth-order valence-electron chi connectivity index (χ4n) is 1.11. The Morgan fingerprint density at radius 1 is 1.44 bits per heavy atom. The zero-order chi connectivity index (χ0) is 12.3. The van der Waals surface area contributed by atoms with E-state index >= 15 is 0 Å². The molecule has 7 heteroatoms. The van der Waals surface area contributed by atoms with Crippen LogP contribution in [0, 0.1) is 5.82 Å². The molecular formula is C9H8BrFO4S. The van der Waals surface area contributed by atoms with Crippen LogP contribution in [0.5, 0.6) is 0 Å². The number of carboxylic acids is 1. The topological polar surface area (TPSA) is 71.4 Å². The highest BCUT2D eigenvalue weighted by atomic mass is 79.9. The minimum absolute atomic E-state index is 0.0375. The molecule has 0 atom stereocenters. The fraction of sp³-hybridized carbons (Fsp3) is 0.222. The standard InChI is InChI=1S/C9H8BrFO4S/c10-7-2-1-6(8(11)3-7)4-16(14,15)5-9(12)13/h1-3H,4-5H2,(H,12,13). The summed E-state index contributed by atoms with van der Waals surface area (Å²) in [7, 11) is -3.82. The van der Waals surface area contributed by atoms with Gasteiger partial charge in [-0.25, -0.2) is 12.8 Å². The van der Waals surface area contributed by atoms with Gasteiger partial charge in [0.05, 0.1) is 5.75 Å². The molecule has 0 bridgehead atoms. The molecule has 0 radical (unpaired) electrons. The summed E-state index contributed by atoms with van der Waals surface area (Å²) >= 11 is 3.03. The summed E-state index contributed by atoms with van der Waals surface area (Å²) < 4.78 is 36.3. The third-order valence-corrected chi connectivity index (χ3v) is 3.66. The van der Waals surface area contributed by atoms with Gasteiger partial charge in [0.15, 0.2) is 9.84 Å². The summed E-state index contributed by atoms with van der Waals surface area (Å²) in [6, 6.07) is 3.93. The van der Waals surface area contributed by atoms with E-state index in [1.54, 1.807) is 0 Å². The van der Waals surface area contributed by atoms with Gasteiger partial charge in [0.25, 0.3) is 0 Å². The SMILES string of the molecule is O=C(O)CS(=O)(=O)Cc1ccc(Br)cc1F. The summed E-state index contributed by atoms with van der Waals surface area (Å²) in [6.45, 7) is 0. The zero-order valence-electron chi connectivity index (χ0n) is 7.98. The second-order valence-electron chi connectivity index (χ2n) is 3.16. The van der Waals surface area contributed by atoms with Gasteiger partial charge in [0.2, 0.25) is 0 Å². The first-order valence-electron chi connectivity index (χ1n) is 4.16. The maximum atomic E-state index is 13.3. The van der Waals surface area contributed by atoms with Crippen molar-refractivity contribution < 1.29 is 22.7 Å². The van der Waals surface area contributed by atoms with Crippen molar-refractivity contribution in [3.63, 3.8) is 0 Å². The Morgan fingerprint density at radius 3 is 2.56 bits per heavy atom. The maximum Gasteiger partial charge on any atom is 0.318 e. The number of carboxylic acid groups (broad SMARTS) is 1. The van der Waals surface area contributed by atoms with E-state index in [9.17, 15) is 17.6 Å². The van der Waals surface area contributed by atoms with Crippen LogP contribution in [0.15, 0.2) is 22.7 Å². The van der Waals surface area contributed by atoms with Crippen molar-refractivity contribution in [3.8, 4) is 0 Å². The number of benzene rings is 1. The lowest BCUT2D eigenvalue weighted by atomic mass is 10.2. The van der Waals surface area contributed by atoms with Gasteiger partial charge in [-0.15, -0.1) is 0 Å². The van der Waals surface area contributed by atoms with Gasteiger partial charge >= 0.3 is 5.97 Å². The predicted octanol–water partition coefficient (Wildman–Crippen LogP) is 1.59. The monoisotopic (exact) mass is 310 g/mol. The van der Waals surface area contributed by atoms with Crippen molar-refractivity contribution >= 4 is 31.7 Å². The molecule has 0 spiro atoms. The predicted molar refractivity (Wildman–Crippen MR) is 59.2 cm³/mol. The molecule has 0 aliphatic rings. The first kappa shape index (κ1) is 13.1. The van der Waals surface area contributed by atoms with Gasteiger partial charge in [-0.2, -0.15) is 0 Å².